The summed E-state index contributed by atoms with van der Waals surface area (Å²) >= 11 is 0. The SMILES string of the molecule is c1ccc(N(c2ccc3oc4ccccc4c3c2)c2ccc3c(c2)c2ccc(C4(c5ccccc5)c5ccccc5-c5ccccc54)cc2n3-c2ccccc2)cc1. The highest BCUT2D eigenvalue weighted by molar-refractivity contribution is 6.12. The average Bonchev–Trinajstić information content (AvgIpc) is 3.93. The highest BCUT2D eigenvalue weighted by Crippen LogP contribution is 2.56. The molecule has 0 amide bonds. The zero-order chi connectivity index (χ0) is 38.2. The summed E-state index contributed by atoms with van der Waals surface area (Å²) < 4.78 is 8.69. The standard InChI is InChI=1S/C55H36N2O/c1-4-16-37(17-5-1)55(49-25-13-10-22-43(49)44-23-11-14-26-50(44)55)38-28-31-45-47-35-41(29-32-51(47)57(52(45)34-38)40-20-8-3-9-21-40)56(39-18-6-2-7-19-39)42-30-33-54-48(36-42)46-24-12-15-27-53(46)58-54/h1-36H. The number of benzene rings is 9. The Morgan fingerprint density at radius 3 is 1.69 bits per heavy atom. The molecule has 2 heterocycles. The second-order valence-electron chi connectivity index (χ2n) is 15.3. The van der Waals surface area contributed by atoms with Crippen molar-refractivity contribution in [3.05, 3.63) is 241 Å². The van der Waals surface area contributed by atoms with Crippen molar-refractivity contribution in [2.75, 3.05) is 4.90 Å². The molecule has 12 rings (SSSR count). The second kappa shape index (κ2) is 12.7. The summed E-state index contributed by atoms with van der Waals surface area (Å²) in [5.41, 5.74) is 15.7. The van der Waals surface area contributed by atoms with E-state index in [9.17, 15) is 0 Å². The van der Waals surface area contributed by atoms with Crippen LogP contribution in [0.4, 0.5) is 17.1 Å². The third-order valence-corrected chi connectivity index (χ3v) is 12.2. The van der Waals surface area contributed by atoms with E-state index in [1.807, 2.05) is 12.1 Å². The molecule has 0 fully saturated rings. The summed E-state index contributed by atoms with van der Waals surface area (Å²) in [7, 11) is 0. The van der Waals surface area contributed by atoms with Crippen LogP contribution in [-0.2, 0) is 5.41 Å². The lowest BCUT2D eigenvalue weighted by Crippen LogP contribution is -2.28. The predicted molar refractivity (Wildman–Crippen MR) is 240 cm³/mol. The van der Waals surface area contributed by atoms with Gasteiger partial charge in [0, 0.05) is 44.3 Å². The van der Waals surface area contributed by atoms with Crippen LogP contribution in [0.25, 0.3) is 60.6 Å². The molecule has 0 saturated carbocycles. The summed E-state index contributed by atoms with van der Waals surface area (Å²) in [5.74, 6) is 0. The normalized spacial score (nSPS) is 13.0. The Morgan fingerprint density at radius 2 is 0.948 bits per heavy atom. The molecule has 1 aliphatic carbocycles. The molecule has 1 aliphatic rings. The number of nitrogens with zero attached hydrogens (tertiary/aromatic N) is 2. The van der Waals surface area contributed by atoms with E-state index in [4.69, 9.17) is 4.42 Å². The lowest BCUT2D eigenvalue weighted by Gasteiger charge is -2.34. The molecule has 0 bridgehead atoms. The van der Waals surface area contributed by atoms with E-state index < -0.39 is 5.41 Å². The predicted octanol–water partition coefficient (Wildman–Crippen LogP) is 14.5. The summed E-state index contributed by atoms with van der Waals surface area (Å²) in [6.07, 6.45) is 0. The van der Waals surface area contributed by atoms with Gasteiger partial charge < -0.3 is 13.9 Å². The van der Waals surface area contributed by atoms with Crippen LogP contribution in [0.3, 0.4) is 0 Å². The Hall–Kier alpha value is -7.62. The quantitative estimate of drug-likeness (QED) is 0.169. The molecule has 0 saturated heterocycles. The number of aromatic nitrogens is 1. The number of hydrogen-bond donors (Lipinski definition) is 0. The van der Waals surface area contributed by atoms with Crippen molar-refractivity contribution < 1.29 is 4.42 Å². The molecule has 0 N–H and O–H groups in total. The van der Waals surface area contributed by atoms with E-state index in [0.717, 1.165) is 50.2 Å². The maximum Gasteiger partial charge on any atom is 0.135 e. The molecule has 0 aliphatic heterocycles. The highest BCUT2D eigenvalue weighted by Gasteiger charge is 2.46. The van der Waals surface area contributed by atoms with E-state index >= 15 is 0 Å². The molecule has 58 heavy (non-hydrogen) atoms. The van der Waals surface area contributed by atoms with E-state index in [1.165, 1.54) is 49.7 Å². The Bertz CT molecular complexity index is 3300. The molecule has 0 radical (unpaired) electrons. The number of furan rings is 1. The van der Waals surface area contributed by atoms with Gasteiger partial charge in [0.15, 0.2) is 0 Å². The van der Waals surface area contributed by atoms with Gasteiger partial charge in [-0.1, -0.05) is 146 Å². The Balaban J connectivity index is 1.12. The fourth-order valence-corrected chi connectivity index (χ4v) is 9.83. The van der Waals surface area contributed by atoms with Crippen molar-refractivity contribution in [2.24, 2.45) is 0 Å². The van der Waals surface area contributed by atoms with Gasteiger partial charge in [-0.2, -0.15) is 0 Å². The topological polar surface area (TPSA) is 21.3 Å². The van der Waals surface area contributed by atoms with Gasteiger partial charge in [-0.25, -0.2) is 0 Å². The molecule has 0 atom stereocenters. The fourth-order valence-electron chi connectivity index (χ4n) is 9.83. The Labute approximate surface area is 336 Å². The van der Waals surface area contributed by atoms with Gasteiger partial charge >= 0.3 is 0 Å². The van der Waals surface area contributed by atoms with E-state index in [0.29, 0.717) is 0 Å². The van der Waals surface area contributed by atoms with Crippen molar-refractivity contribution in [3.8, 4) is 16.8 Å². The van der Waals surface area contributed by atoms with E-state index in [1.54, 1.807) is 0 Å². The van der Waals surface area contributed by atoms with Crippen molar-refractivity contribution in [3.63, 3.8) is 0 Å². The molecule has 272 valence electrons. The van der Waals surface area contributed by atoms with Crippen molar-refractivity contribution in [2.45, 2.75) is 5.41 Å². The first-order chi connectivity index (χ1) is 28.8. The maximum atomic E-state index is 6.25. The van der Waals surface area contributed by atoms with Crippen LogP contribution in [0.15, 0.2) is 223 Å². The lowest BCUT2D eigenvalue weighted by molar-refractivity contribution is 0.669. The van der Waals surface area contributed by atoms with Crippen molar-refractivity contribution in [1.29, 1.82) is 0 Å². The zero-order valence-corrected chi connectivity index (χ0v) is 31.6. The van der Waals surface area contributed by atoms with Crippen LogP contribution in [0, 0.1) is 0 Å². The monoisotopic (exact) mass is 740 g/mol. The van der Waals surface area contributed by atoms with Gasteiger partial charge in [0.25, 0.3) is 0 Å². The first-order valence-corrected chi connectivity index (χ1v) is 19.9. The van der Waals surface area contributed by atoms with Gasteiger partial charge in [-0.15, -0.1) is 0 Å². The number of hydrogen-bond acceptors (Lipinski definition) is 2. The number of para-hydroxylation sites is 3. The minimum absolute atomic E-state index is 0.494. The van der Waals surface area contributed by atoms with Crippen LogP contribution in [0.1, 0.15) is 22.3 Å². The second-order valence-corrected chi connectivity index (χ2v) is 15.3. The summed E-state index contributed by atoms with van der Waals surface area (Å²) in [4.78, 5) is 2.36. The van der Waals surface area contributed by atoms with Crippen LogP contribution in [0.5, 0.6) is 0 Å². The lowest BCUT2D eigenvalue weighted by atomic mass is 9.67. The van der Waals surface area contributed by atoms with Crippen LogP contribution < -0.4 is 4.90 Å². The molecule has 0 spiro atoms. The first kappa shape index (κ1) is 32.6. The van der Waals surface area contributed by atoms with Gasteiger partial charge in [-0.05, 0) is 106 Å². The van der Waals surface area contributed by atoms with Gasteiger partial charge in [0.1, 0.15) is 11.2 Å². The van der Waals surface area contributed by atoms with Crippen LogP contribution in [-0.4, -0.2) is 4.57 Å². The number of anilines is 3. The molecule has 0 unspecified atom stereocenters. The largest absolute Gasteiger partial charge is 0.456 e. The Morgan fingerprint density at radius 1 is 0.362 bits per heavy atom. The first-order valence-electron chi connectivity index (χ1n) is 19.9. The molecular formula is C55H36N2O. The zero-order valence-electron chi connectivity index (χ0n) is 31.6. The van der Waals surface area contributed by atoms with Crippen molar-refractivity contribution in [1.82, 2.24) is 4.57 Å². The maximum absolute atomic E-state index is 6.25. The third-order valence-electron chi connectivity index (χ3n) is 12.2. The Kier molecular flexibility index (Phi) is 7.14. The van der Waals surface area contributed by atoms with Crippen LogP contribution in [0.2, 0.25) is 0 Å². The molecule has 11 aromatic rings. The molecule has 3 nitrogen and oxygen atoms in total. The molecule has 3 heteroatoms. The smallest absolute Gasteiger partial charge is 0.135 e. The summed E-state index contributed by atoms with van der Waals surface area (Å²) in [5, 5.41) is 4.62. The molecule has 9 aromatic carbocycles. The molecular weight excluding hydrogens is 705 g/mol. The molecule has 2 aromatic heterocycles. The van der Waals surface area contributed by atoms with Gasteiger partial charge in [-0.3, -0.25) is 0 Å². The number of fused-ring (bicyclic) bond motifs is 9. The summed E-state index contributed by atoms with van der Waals surface area (Å²) in [6, 6.07) is 79.4. The van der Waals surface area contributed by atoms with Crippen LogP contribution >= 0.6 is 0 Å². The van der Waals surface area contributed by atoms with Gasteiger partial charge in [0.2, 0.25) is 0 Å². The highest BCUT2D eigenvalue weighted by atomic mass is 16.3. The average molecular weight is 741 g/mol. The van der Waals surface area contributed by atoms with Crippen molar-refractivity contribution >= 4 is 60.8 Å². The van der Waals surface area contributed by atoms with E-state index in [2.05, 4.69) is 216 Å². The number of rotatable bonds is 6. The fraction of sp³-hybridized carbons (Fsp3) is 0.0182. The minimum Gasteiger partial charge on any atom is -0.456 e. The van der Waals surface area contributed by atoms with Gasteiger partial charge in [0.05, 0.1) is 16.4 Å². The van der Waals surface area contributed by atoms with E-state index in [-0.39, 0.29) is 0 Å². The summed E-state index contributed by atoms with van der Waals surface area (Å²) in [6.45, 7) is 0. The third kappa shape index (κ3) is 4.68. The minimum atomic E-state index is -0.494.